The van der Waals surface area contributed by atoms with Crippen molar-refractivity contribution in [2.24, 2.45) is 0 Å². The maximum Gasteiger partial charge on any atom is 0.330 e. The van der Waals surface area contributed by atoms with Crippen molar-refractivity contribution in [1.29, 1.82) is 0 Å². The highest BCUT2D eigenvalue weighted by Crippen LogP contribution is 2.28. The fourth-order valence-electron chi connectivity index (χ4n) is 3.40. The zero-order valence-corrected chi connectivity index (χ0v) is 20.7. The molecule has 0 aromatic carbocycles. The van der Waals surface area contributed by atoms with Crippen LogP contribution in [0.1, 0.15) is 40.6 Å². The lowest BCUT2D eigenvalue weighted by molar-refractivity contribution is 0.102. The standard InChI is InChI=1S/C21H27N5O5S2/c1-5-6-7-26-19(29)14-11(2)12(3)33-18(14)24-21(26)32-10-13(27)15-16(22)25(8-9-31-4)20(30)23-17(15)28/h5-10,22H2,1-4H3,(H,23,28,30). The molecule has 3 N–H and O–H groups in total. The zero-order valence-electron chi connectivity index (χ0n) is 19.0. The number of hydrogen-bond donors (Lipinski definition) is 2. The van der Waals surface area contributed by atoms with E-state index in [-0.39, 0.29) is 35.8 Å². The molecule has 33 heavy (non-hydrogen) atoms. The molecule has 0 atom stereocenters. The number of nitrogens with zero attached hydrogens (tertiary/aromatic N) is 3. The second-order valence-corrected chi connectivity index (χ2v) is 9.69. The quantitative estimate of drug-likeness (QED) is 0.248. The molecule has 0 fully saturated rings. The number of ketones is 1. The van der Waals surface area contributed by atoms with Crippen LogP contribution >= 0.6 is 23.1 Å². The SMILES string of the molecule is CCCCn1c(SCC(=O)c2c(N)n(CCOC)c(=O)[nH]c2=O)nc2sc(C)c(C)c2c1=O. The monoisotopic (exact) mass is 493 g/mol. The number of rotatable bonds is 10. The van der Waals surface area contributed by atoms with Gasteiger partial charge in [-0.3, -0.25) is 28.5 Å². The second kappa shape index (κ2) is 10.5. The molecular formula is C21H27N5O5S2. The first-order valence-electron chi connectivity index (χ1n) is 10.5. The van der Waals surface area contributed by atoms with E-state index in [9.17, 15) is 19.2 Å². The number of Topliss-reactive ketones (excluding diaryl/α,β-unsaturated/α-hetero) is 1. The Hall–Kier alpha value is -2.70. The van der Waals surface area contributed by atoms with Gasteiger partial charge in [-0.2, -0.15) is 0 Å². The number of aromatic amines is 1. The lowest BCUT2D eigenvalue weighted by Gasteiger charge is -2.13. The van der Waals surface area contributed by atoms with Crippen LogP contribution in [0, 0.1) is 13.8 Å². The largest absolute Gasteiger partial charge is 0.384 e. The van der Waals surface area contributed by atoms with Crippen LogP contribution < -0.4 is 22.5 Å². The van der Waals surface area contributed by atoms with Gasteiger partial charge in [-0.25, -0.2) is 9.78 Å². The Bertz CT molecular complexity index is 1370. The molecule has 0 radical (unpaired) electrons. The van der Waals surface area contributed by atoms with Crippen molar-refractivity contribution in [3.8, 4) is 0 Å². The van der Waals surface area contributed by atoms with Crippen LogP contribution in [0.5, 0.6) is 0 Å². The van der Waals surface area contributed by atoms with Gasteiger partial charge in [0, 0.05) is 18.5 Å². The van der Waals surface area contributed by atoms with Crippen molar-refractivity contribution in [2.75, 3.05) is 25.2 Å². The van der Waals surface area contributed by atoms with Crippen molar-refractivity contribution in [3.05, 3.63) is 47.2 Å². The molecule has 3 aromatic heterocycles. The first-order chi connectivity index (χ1) is 15.7. The van der Waals surface area contributed by atoms with Gasteiger partial charge in [-0.15, -0.1) is 11.3 Å². The normalized spacial score (nSPS) is 11.4. The molecule has 3 rings (SSSR count). The average molecular weight is 494 g/mol. The number of hydrogen-bond acceptors (Lipinski definition) is 9. The number of nitrogen functional groups attached to an aromatic ring is 1. The van der Waals surface area contributed by atoms with E-state index in [4.69, 9.17) is 10.5 Å². The van der Waals surface area contributed by atoms with Gasteiger partial charge < -0.3 is 10.5 Å². The number of thioether (sulfide) groups is 1. The minimum Gasteiger partial charge on any atom is -0.384 e. The molecular weight excluding hydrogens is 466 g/mol. The van der Waals surface area contributed by atoms with E-state index in [0.29, 0.717) is 21.9 Å². The highest BCUT2D eigenvalue weighted by Gasteiger charge is 2.22. The number of unbranched alkanes of at least 4 members (excludes halogenated alkanes) is 1. The van der Waals surface area contributed by atoms with Crippen molar-refractivity contribution < 1.29 is 9.53 Å². The number of thiophene rings is 1. The third-order valence-corrected chi connectivity index (χ3v) is 7.44. The van der Waals surface area contributed by atoms with Gasteiger partial charge in [0.1, 0.15) is 16.2 Å². The molecule has 0 saturated carbocycles. The molecule has 0 spiro atoms. The Balaban J connectivity index is 1.98. The molecule has 0 bridgehead atoms. The first kappa shape index (κ1) is 24.9. The summed E-state index contributed by atoms with van der Waals surface area (Å²) in [4.78, 5) is 59.0. The Kier molecular flexibility index (Phi) is 7.92. The van der Waals surface area contributed by atoms with E-state index in [2.05, 4.69) is 9.97 Å². The van der Waals surface area contributed by atoms with Crippen LogP contribution in [0.3, 0.4) is 0 Å². The number of carbonyl (C=O) groups is 1. The number of fused-ring (bicyclic) bond motifs is 1. The lowest BCUT2D eigenvalue weighted by atomic mass is 10.2. The number of anilines is 1. The molecule has 0 aliphatic rings. The number of methoxy groups -OCH3 is 1. The number of H-pyrrole nitrogens is 1. The number of carbonyl (C=O) groups excluding carboxylic acids is 1. The Morgan fingerprint density at radius 2 is 1.94 bits per heavy atom. The second-order valence-electron chi connectivity index (χ2n) is 7.54. The number of aromatic nitrogens is 4. The van der Waals surface area contributed by atoms with Crippen molar-refractivity contribution in [2.45, 2.75) is 51.9 Å². The smallest absolute Gasteiger partial charge is 0.330 e. The van der Waals surface area contributed by atoms with E-state index in [1.807, 2.05) is 20.8 Å². The topological polar surface area (TPSA) is 142 Å². The maximum atomic E-state index is 13.2. The Morgan fingerprint density at radius 1 is 1.21 bits per heavy atom. The Labute approximate surface area is 197 Å². The summed E-state index contributed by atoms with van der Waals surface area (Å²) in [6, 6.07) is 0. The fourth-order valence-corrected chi connectivity index (χ4v) is 5.36. The third kappa shape index (κ3) is 4.97. The molecule has 10 nitrogen and oxygen atoms in total. The van der Waals surface area contributed by atoms with Crippen molar-refractivity contribution >= 4 is 44.9 Å². The number of nitrogens with one attached hydrogen (secondary N) is 1. The van der Waals surface area contributed by atoms with Crippen LogP contribution in [0.2, 0.25) is 0 Å². The number of nitrogens with two attached hydrogens (primary N) is 1. The minimum atomic E-state index is -0.840. The summed E-state index contributed by atoms with van der Waals surface area (Å²) in [7, 11) is 1.47. The van der Waals surface area contributed by atoms with Gasteiger partial charge in [0.15, 0.2) is 10.9 Å². The van der Waals surface area contributed by atoms with Crippen LogP contribution in [-0.2, 0) is 17.8 Å². The highest BCUT2D eigenvalue weighted by atomic mass is 32.2. The predicted octanol–water partition coefficient (Wildman–Crippen LogP) is 1.93. The first-order valence-corrected chi connectivity index (χ1v) is 12.3. The summed E-state index contributed by atoms with van der Waals surface area (Å²) < 4.78 is 7.65. The summed E-state index contributed by atoms with van der Waals surface area (Å²) in [6.07, 6.45) is 1.68. The third-order valence-electron chi connectivity index (χ3n) is 5.36. The van der Waals surface area contributed by atoms with E-state index in [1.165, 1.54) is 18.4 Å². The van der Waals surface area contributed by atoms with Gasteiger partial charge in [-0.05, 0) is 25.8 Å². The van der Waals surface area contributed by atoms with E-state index < -0.39 is 17.0 Å². The van der Waals surface area contributed by atoms with Crippen LogP contribution in [0.25, 0.3) is 10.2 Å². The van der Waals surface area contributed by atoms with Gasteiger partial charge in [0.25, 0.3) is 11.1 Å². The van der Waals surface area contributed by atoms with Crippen LogP contribution in [0.4, 0.5) is 5.82 Å². The van der Waals surface area contributed by atoms with Crippen molar-refractivity contribution in [1.82, 2.24) is 19.1 Å². The molecule has 12 heteroatoms. The molecule has 178 valence electrons. The molecule has 0 unspecified atom stereocenters. The van der Waals surface area contributed by atoms with E-state index in [1.54, 1.807) is 4.57 Å². The molecule has 0 aliphatic carbocycles. The summed E-state index contributed by atoms with van der Waals surface area (Å²) >= 11 is 2.52. The average Bonchev–Trinajstić information content (AvgIpc) is 3.05. The van der Waals surface area contributed by atoms with E-state index in [0.717, 1.165) is 39.6 Å². The summed E-state index contributed by atoms with van der Waals surface area (Å²) in [5, 5.41) is 1.02. The number of ether oxygens (including phenoxy) is 1. The molecule has 0 amide bonds. The fraction of sp³-hybridized carbons (Fsp3) is 0.476. The van der Waals surface area contributed by atoms with Crippen molar-refractivity contribution in [3.63, 3.8) is 0 Å². The molecule has 3 heterocycles. The highest BCUT2D eigenvalue weighted by molar-refractivity contribution is 7.99. The van der Waals surface area contributed by atoms with Gasteiger partial charge in [0.2, 0.25) is 0 Å². The maximum absolute atomic E-state index is 13.2. The van der Waals surface area contributed by atoms with Crippen LogP contribution in [0.15, 0.2) is 19.5 Å². The summed E-state index contributed by atoms with van der Waals surface area (Å²) in [5.41, 5.74) is 4.95. The van der Waals surface area contributed by atoms with Crippen LogP contribution in [-0.4, -0.2) is 44.4 Å². The lowest BCUT2D eigenvalue weighted by Crippen LogP contribution is -2.37. The number of aryl methyl sites for hydroxylation is 2. The summed E-state index contributed by atoms with van der Waals surface area (Å²) in [6.45, 7) is 6.64. The molecule has 3 aromatic rings. The molecule has 0 saturated heterocycles. The molecule has 0 aliphatic heterocycles. The zero-order chi connectivity index (χ0) is 24.3. The van der Waals surface area contributed by atoms with E-state index >= 15 is 0 Å². The van der Waals surface area contributed by atoms with Gasteiger partial charge >= 0.3 is 5.69 Å². The van der Waals surface area contributed by atoms with Gasteiger partial charge in [-0.1, -0.05) is 25.1 Å². The predicted molar refractivity (Wildman–Crippen MR) is 131 cm³/mol. The Morgan fingerprint density at radius 3 is 2.61 bits per heavy atom. The summed E-state index contributed by atoms with van der Waals surface area (Å²) in [5.74, 6) is -0.925. The minimum absolute atomic E-state index is 0.0945. The van der Waals surface area contributed by atoms with Gasteiger partial charge in [0.05, 0.1) is 24.3 Å².